The molecule has 0 radical (unpaired) electrons. The SMILES string of the molecule is CC(Oc1cnc2c(c1)c(SC(C)(C)C)c(CC(C)(C)C(=O)O)n2Cc1ccc(C#N)cc1)c1ccccn1. The third-order valence-electron chi connectivity index (χ3n) is 6.37. The molecule has 0 amide bonds. The van der Waals surface area contributed by atoms with Crippen LogP contribution in [0.2, 0.25) is 0 Å². The van der Waals surface area contributed by atoms with E-state index >= 15 is 0 Å². The molecule has 1 N–H and O–H groups in total. The molecule has 3 aromatic heterocycles. The van der Waals surface area contributed by atoms with Gasteiger partial charge < -0.3 is 14.4 Å². The lowest BCUT2D eigenvalue weighted by molar-refractivity contribution is -0.146. The average Bonchev–Trinajstić information content (AvgIpc) is 3.14. The molecule has 202 valence electrons. The summed E-state index contributed by atoms with van der Waals surface area (Å²) in [6.45, 7) is 12.4. The van der Waals surface area contributed by atoms with E-state index in [0.29, 0.717) is 24.3 Å². The minimum atomic E-state index is -0.989. The summed E-state index contributed by atoms with van der Waals surface area (Å²) in [4.78, 5) is 22.5. The van der Waals surface area contributed by atoms with Crippen LogP contribution in [0.4, 0.5) is 0 Å². The van der Waals surface area contributed by atoms with Crippen LogP contribution in [-0.2, 0) is 17.8 Å². The lowest BCUT2D eigenvalue weighted by atomic mass is 9.88. The number of benzene rings is 1. The van der Waals surface area contributed by atoms with Crippen LogP contribution in [0.5, 0.6) is 5.75 Å². The number of thioether (sulfide) groups is 1. The largest absolute Gasteiger partial charge is 0.483 e. The van der Waals surface area contributed by atoms with Crippen molar-refractivity contribution >= 4 is 28.8 Å². The first-order chi connectivity index (χ1) is 18.4. The Hall–Kier alpha value is -3.83. The van der Waals surface area contributed by atoms with Crippen molar-refractivity contribution < 1.29 is 14.6 Å². The number of carboxylic acids is 1. The molecule has 0 saturated carbocycles. The number of carboxylic acid groups (broad SMARTS) is 1. The smallest absolute Gasteiger partial charge is 0.309 e. The van der Waals surface area contributed by atoms with E-state index in [1.54, 1.807) is 50.1 Å². The van der Waals surface area contributed by atoms with E-state index in [9.17, 15) is 15.2 Å². The molecule has 39 heavy (non-hydrogen) atoms. The second-order valence-corrected chi connectivity index (χ2v) is 13.1. The summed E-state index contributed by atoms with van der Waals surface area (Å²) in [7, 11) is 0. The molecule has 4 aromatic rings. The van der Waals surface area contributed by atoms with Gasteiger partial charge in [-0.3, -0.25) is 9.78 Å². The molecule has 0 aliphatic heterocycles. The quantitative estimate of drug-likeness (QED) is 0.226. The van der Waals surface area contributed by atoms with E-state index in [2.05, 4.69) is 36.4 Å². The lowest BCUT2D eigenvalue weighted by Gasteiger charge is -2.24. The van der Waals surface area contributed by atoms with Gasteiger partial charge in [-0.2, -0.15) is 5.26 Å². The molecule has 0 aliphatic carbocycles. The Bertz CT molecular complexity index is 1510. The number of rotatable bonds is 9. The monoisotopic (exact) mass is 542 g/mol. The van der Waals surface area contributed by atoms with Gasteiger partial charge in [0.15, 0.2) is 0 Å². The number of hydrogen-bond donors (Lipinski definition) is 1. The highest BCUT2D eigenvalue weighted by molar-refractivity contribution is 8.00. The number of pyridine rings is 2. The van der Waals surface area contributed by atoms with E-state index in [1.807, 2.05) is 43.3 Å². The maximum absolute atomic E-state index is 12.2. The highest BCUT2D eigenvalue weighted by atomic mass is 32.2. The van der Waals surface area contributed by atoms with E-state index in [-0.39, 0.29) is 10.9 Å². The fourth-order valence-electron chi connectivity index (χ4n) is 4.30. The van der Waals surface area contributed by atoms with Gasteiger partial charge in [0, 0.05) is 39.9 Å². The first-order valence-electron chi connectivity index (χ1n) is 12.9. The van der Waals surface area contributed by atoms with Crippen LogP contribution in [0, 0.1) is 16.7 Å². The number of hydrogen-bond acceptors (Lipinski definition) is 6. The number of ether oxygens (including phenoxy) is 1. The summed E-state index contributed by atoms with van der Waals surface area (Å²) < 4.78 is 8.24. The van der Waals surface area contributed by atoms with Crippen molar-refractivity contribution in [3.63, 3.8) is 0 Å². The highest BCUT2D eigenvalue weighted by Gasteiger charge is 2.33. The Morgan fingerprint density at radius 1 is 1.13 bits per heavy atom. The van der Waals surface area contributed by atoms with E-state index in [4.69, 9.17) is 9.72 Å². The number of nitrogens with zero attached hydrogens (tertiary/aromatic N) is 4. The molecule has 1 atom stereocenters. The summed E-state index contributed by atoms with van der Waals surface area (Å²) >= 11 is 1.71. The molecule has 0 aliphatic rings. The van der Waals surface area contributed by atoms with Crippen LogP contribution in [0.1, 0.15) is 70.2 Å². The Kier molecular flexibility index (Phi) is 8.03. The van der Waals surface area contributed by atoms with Gasteiger partial charge in [0.25, 0.3) is 0 Å². The number of nitriles is 1. The van der Waals surface area contributed by atoms with E-state index in [1.165, 1.54) is 0 Å². The molecule has 0 fully saturated rings. The van der Waals surface area contributed by atoms with Crippen molar-refractivity contribution in [2.45, 2.75) is 70.3 Å². The maximum Gasteiger partial charge on any atom is 0.309 e. The molecule has 1 unspecified atom stereocenters. The number of fused-ring (bicyclic) bond motifs is 1. The topological polar surface area (TPSA) is 101 Å². The van der Waals surface area contributed by atoms with Crippen molar-refractivity contribution in [1.82, 2.24) is 14.5 Å². The van der Waals surface area contributed by atoms with Gasteiger partial charge in [-0.25, -0.2) is 4.98 Å². The van der Waals surface area contributed by atoms with Crippen molar-refractivity contribution in [3.05, 3.63) is 83.4 Å². The standard InChI is InChI=1S/C31H34N4O3S/c1-20(25-9-7-8-14-33-25)38-23-15-24-27(39-30(2,3)4)26(16-31(5,6)29(36)37)35(28(24)34-18-23)19-22-12-10-21(17-32)11-13-22/h7-15,18,20H,16,19H2,1-6H3,(H,36,37). The molecule has 4 rings (SSSR count). The molecule has 3 heterocycles. The third kappa shape index (κ3) is 6.61. The molecule has 0 saturated heterocycles. The zero-order valence-corrected chi connectivity index (χ0v) is 24.0. The van der Waals surface area contributed by atoms with Gasteiger partial charge in [0.2, 0.25) is 0 Å². The first kappa shape index (κ1) is 28.2. The second kappa shape index (κ2) is 11.1. The summed E-state index contributed by atoms with van der Waals surface area (Å²) in [5, 5.41) is 20.1. The average molecular weight is 543 g/mol. The fraction of sp³-hybridized carbons (Fsp3) is 0.355. The Morgan fingerprint density at radius 3 is 2.44 bits per heavy atom. The Morgan fingerprint density at radius 2 is 1.85 bits per heavy atom. The molecule has 0 spiro atoms. The van der Waals surface area contributed by atoms with Gasteiger partial charge in [-0.1, -0.05) is 39.0 Å². The third-order valence-corrected chi connectivity index (χ3v) is 7.64. The van der Waals surface area contributed by atoms with Crippen LogP contribution < -0.4 is 4.74 Å². The van der Waals surface area contributed by atoms with Crippen LogP contribution in [0.3, 0.4) is 0 Å². The first-order valence-corrected chi connectivity index (χ1v) is 13.7. The summed E-state index contributed by atoms with van der Waals surface area (Å²) in [5.74, 6) is -0.235. The molecular weight excluding hydrogens is 508 g/mol. The molecule has 8 heteroatoms. The molecular formula is C31H34N4O3S. The normalized spacial score (nSPS) is 12.7. The number of carbonyl (C=O) groups is 1. The predicted molar refractivity (Wildman–Crippen MR) is 154 cm³/mol. The van der Waals surface area contributed by atoms with E-state index in [0.717, 1.165) is 32.9 Å². The van der Waals surface area contributed by atoms with Crippen LogP contribution in [-0.4, -0.2) is 30.4 Å². The maximum atomic E-state index is 12.2. The van der Waals surface area contributed by atoms with Gasteiger partial charge in [0.05, 0.1) is 28.9 Å². The zero-order valence-electron chi connectivity index (χ0n) is 23.2. The lowest BCUT2D eigenvalue weighted by Crippen LogP contribution is -2.28. The fourth-order valence-corrected chi connectivity index (χ4v) is 5.47. The summed E-state index contributed by atoms with van der Waals surface area (Å²) in [6.07, 6.45) is 3.52. The van der Waals surface area contributed by atoms with Crippen LogP contribution in [0.15, 0.2) is 65.8 Å². The Balaban J connectivity index is 1.88. The molecule has 0 bridgehead atoms. The van der Waals surface area contributed by atoms with Crippen molar-refractivity contribution in [2.24, 2.45) is 5.41 Å². The van der Waals surface area contributed by atoms with Crippen molar-refractivity contribution in [1.29, 1.82) is 5.26 Å². The van der Waals surface area contributed by atoms with Gasteiger partial charge in [-0.05, 0) is 56.7 Å². The molecule has 7 nitrogen and oxygen atoms in total. The number of aromatic nitrogens is 3. The summed E-state index contributed by atoms with van der Waals surface area (Å²) in [5.41, 5.74) is 3.11. The van der Waals surface area contributed by atoms with E-state index < -0.39 is 11.4 Å². The minimum absolute atomic E-state index is 0.131. The van der Waals surface area contributed by atoms with Crippen molar-refractivity contribution in [3.8, 4) is 11.8 Å². The molecule has 1 aromatic carbocycles. The summed E-state index contributed by atoms with van der Waals surface area (Å²) in [6, 6.07) is 17.3. The van der Waals surface area contributed by atoms with Gasteiger partial charge >= 0.3 is 5.97 Å². The van der Waals surface area contributed by atoms with Crippen molar-refractivity contribution in [2.75, 3.05) is 0 Å². The Labute approximate surface area is 233 Å². The van der Waals surface area contributed by atoms with Crippen LogP contribution >= 0.6 is 11.8 Å². The minimum Gasteiger partial charge on any atom is -0.483 e. The zero-order chi connectivity index (χ0) is 28.4. The van der Waals surface area contributed by atoms with Gasteiger partial charge in [0.1, 0.15) is 17.5 Å². The number of aliphatic carboxylic acids is 1. The van der Waals surface area contributed by atoms with Gasteiger partial charge in [-0.15, -0.1) is 11.8 Å². The second-order valence-electron chi connectivity index (χ2n) is 11.3. The van der Waals surface area contributed by atoms with Crippen LogP contribution in [0.25, 0.3) is 11.0 Å². The predicted octanol–water partition coefficient (Wildman–Crippen LogP) is 7.04. The highest BCUT2D eigenvalue weighted by Crippen LogP contribution is 2.43.